The van der Waals surface area contributed by atoms with Crippen molar-refractivity contribution in [1.29, 1.82) is 0 Å². The predicted octanol–water partition coefficient (Wildman–Crippen LogP) is 3.19. The van der Waals surface area contributed by atoms with Gasteiger partial charge in [0.05, 0.1) is 19.9 Å². The molecule has 0 aliphatic carbocycles. The molecule has 0 heterocycles. The lowest BCUT2D eigenvalue weighted by molar-refractivity contribution is -0.126. The van der Waals surface area contributed by atoms with Crippen LogP contribution in [-0.4, -0.2) is 31.7 Å². The van der Waals surface area contributed by atoms with E-state index in [2.05, 4.69) is 15.8 Å². The number of hydrogen-bond acceptors (Lipinski definition) is 5. The summed E-state index contributed by atoms with van der Waals surface area (Å²) in [5.41, 5.74) is 5.73. The molecule has 0 saturated heterocycles. The number of nitrogens with zero attached hydrogens (tertiary/aromatic N) is 1. The molecule has 0 bridgehead atoms. The first-order valence-corrected chi connectivity index (χ1v) is 8.93. The second kappa shape index (κ2) is 10.1. The van der Waals surface area contributed by atoms with Gasteiger partial charge in [-0.05, 0) is 44.5 Å². The average molecular weight is 383 g/mol. The van der Waals surface area contributed by atoms with E-state index in [1.165, 1.54) is 6.21 Å². The van der Waals surface area contributed by atoms with Gasteiger partial charge in [-0.1, -0.05) is 23.8 Å². The Morgan fingerprint density at radius 2 is 1.93 bits per heavy atom. The van der Waals surface area contributed by atoms with Gasteiger partial charge in [0.1, 0.15) is 6.42 Å². The number of benzene rings is 2. The summed E-state index contributed by atoms with van der Waals surface area (Å²) in [6, 6.07) is 11.0. The monoisotopic (exact) mass is 383 g/mol. The Kier molecular flexibility index (Phi) is 7.56. The molecule has 2 N–H and O–H groups in total. The topological polar surface area (TPSA) is 89.0 Å². The third kappa shape index (κ3) is 5.84. The molecule has 0 saturated carbocycles. The third-order valence-electron chi connectivity index (χ3n) is 3.89. The van der Waals surface area contributed by atoms with Gasteiger partial charge in [-0.15, -0.1) is 0 Å². The van der Waals surface area contributed by atoms with Crippen molar-refractivity contribution in [2.75, 3.05) is 19.0 Å². The quantitative estimate of drug-likeness (QED) is 0.416. The van der Waals surface area contributed by atoms with Gasteiger partial charge in [-0.3, -0.25) is 9.59 Å². The van der Waals surface area contributed by atoms with Crippen LogP contribution in [0.3, 0.4) is 0 Å². The minimum atomic E-state index is -0.514. The van der Waals surface area contributed by atoms with Gasteiger partial charge in [0.25, 0.3) is 0 Å². The van der Waals surface area contributed by atoms with Crippen LogP contribution in [0.1, 0.15) is 30.0 Å². The molecule has 0 aromatic heterocycles. The maximum absolute atomic E-state index is 12.1. The lowest BCUT2D eigenvalue weighted by atomic mass is 10.1. The van der Waals surface area contributed by atoms with Crippen molar-refractivity contribution in [3.05, 3.63) is 53.1 Å². The number of nitrogens with one attached hydrogen (secondary N) is 2. The number of aryl methyl sites for hydroxylation is 2. The Morgan fingerprint density at radius 3 is 2.61 bits per heavy atom. The Bertz CT molecular complexity index is 878. The number of rotatable bonds is 8. The first-order valence-electron chi connectivity index (χ1n) is 8.93. The SMILES string of the molecule is CCOc1c(C=NNC(=O)CC(=O)Nc2ccc(C)cc2C)cccc1OC. The van der Waals surface area contributed by atoms with Crippen molar-refractivity contribution in [2.24, 2.45) is 5.10 Å². The molecule has 7 nitrogen and oxygen atoms in total. The molecule has 0 fully saturated rings. The molecule has 148 valence electrons. The van der Waals surface area contributed by atoms with Crippen molar-refractivity contribution >= 4 is 23.7 Å². The Labute approximate surface area is 164 Å². The molecular formula is C21H25N3O4. The minimum Gasteiger partial charge on any atom is -0.493 e. The van der Waals surface area contributed by atoms with Crippen LogP contribution in [0.5, 0.6) is 11.5 Å². The van der Waals surface area contributed by atoms with E-state index in [1.807, 2.05) is 39.0 Å². The molecule has 2 aromatic rings. The van der Waals surface area contributed by atoms with Gasteiger partial charge < -0.3 is 14.8 Å². The van der Waals surface area contributed by atoms with Crippen molar-refractivity contribution < 1.29 is 19.1 Å². The first kappa shape index (κ1) is 21.0. The normalized spacial score (nSPS) is 10.6. The van der Waals surface area contributed by atoms with Crippen molar-refractivity contribution in [3.8, 4) is 11.5 Å². The highest BCUT2D eigenvalue weighted by molar-refractivity contribution is 6.04. The van der Waals surface area contributed by atoms with Crippen LogP contribution in [-0.2, 0) is 9.59 Å². The largest absolute Gasteiger partial charge is 0.493 e. The molecule has 0 atom stereocenters. The highest BCUT2D eigenvalue weighted by Gasteiger charge is 2.11. The number of hydrazone groups is 1. The number of ether oxygens (including phenoxy) is 2. The number of para-hydroxylation sites is 1. The lowest BCUT2D eigenvalue weighted by Gasteiger charge is -2.11. The lowest BCUT2D eigenvalue weighted by Crippen LogP contribution is -2.24. The molecule has 0 aliphatic heterocycles. The van der Waals surface area contributed by atoms with Crippen LogP contribution in [0, 0.1) is 13.8 Å². The van der Waals surface area contributed by atoms with Crippen LogP contribution in [0.4, 0.5) is 5.69 Å². The number of carbonyl (C=O) groups excluding carboxylic acids is 2. The summed E-state index contributed by atoms with van der Waals surface area (Å²) in [5, 5.41) is 6.64. The van der Waals surface area contributed by atoms with Gasteiger partial charge in [0, 0.05) is 11.3 Å². The number of methoxy groups -OCH3 is 1. The van der Waals surface area contributed by atoms with Gasteiger partial charge in [-0.2, -0.15) is 5.10 Å². The molecule has 2 rings (SSSR count). The first-order chi connectivity index (χ1) is 13.4. The molecule has 0 radical (unpaired) electrons. The van der Waals surface area contributed by atoms with Gasteiger partial charge >= 0.3 is 0 Å². The standard InChI is InChI=1S/C21H25N3O4/c1-5-28-21-16(7-6-8-18(21)27-4)13-22-24-20(26)12-19(25)23-17-10-9-14(2)11-15(17)3/h6-11,13H,5,12H2,1-4H3,(H,23,25)(H,24,26). The molecule has 7 heteroatoms. The van der Waals surface area contributed by atoms with Crippen LogP contribution >= 0.6 is 0 Å². The van der Waals surface area contributed by atoms with E-state index in [0.29, 0.717) is 29.4 Å². The third-order valence-corrected chi connectivity index (χ3v) is 3.89. The fourth-order valence-electron chi connectivity index (χ4n) is 2.60. The van der Waals surface area contributed by atoms with E-state index in [1.54, 1.807) is 25.3 Å². The van der Waals surface area contributed by atoms with E-state index in [4.69, 9.17) is 9.47 Å². The molecule has 0 aliphatic rings. The van der Waals surface area contributed by atoms with Crippen molar-refractivity contribution in [3.63, 3.8) is 0 Å². The summed E-state index contributed by atoms with van der Waals surface area (Å²) in [6.45, 7) is 6.20. The summed E-state index contributed by atoms with van der Waals surface area (Å²) < 4.78 is 10.8. The fraction of sp³-hybridized carbons (Fsp3) is 0.286. The van der Waals surface area contributed by atoms with E-state index in [9.17, 15) is 9.59 Å². The van der Waals surface area contributed by atoms with E-state index in [0.717, 1.165) is 11.1 Å². The van der Waals surface area contributed by atoms with Gasteiger partial charge in [-0.25, -0.2) is 5.43 Å². The number of anilines is 1. The maximum Gasteiger partial charge on any atom is 0.249 e. The molecule has 0 spiro atoms. The fourth-order valence-corrected chi connectivity index (χ4v) is 2.60. The Hall–Kier alpha value is -3.35. The number of hydrogen-bond donors (Lipinski definition) is 2. The van der Waals surface area contributed by atoms with Crippen LogP contribution in [0.25, 0.3) is 0 Å². The zero-order valence-corrected chi connectivity index (χ0v) is 16.5. The van der Waals surface area contributed by atoms with Gasteiger partial charge in [0.15, 0.2) is 11.5 Å². The molecule has 28 heavy (non-hydrogen) atoms. The van der Waals surface area contributed by atoms with E-state index in [-0.39, 0.29) is 6.42 Å². The summed E-state index contributed by atoms with van der Waals surface area (Å²) in [7, 11) is 1.55. The van der Waals surface area contributed by atoms with Crippen LogP contribution in [0.2, 0.25) is 0 Å². The smallest absolute Gasteiger partial charge is 0.249 e. The highest BCUT2D eigenvalue weighted by atomic mass is 16.5. The average Bonchev–Trinajstić information content (AvgIpc) is 2.65. The van der Waals surface area contributed by atoms with Crippen molar-refractivity contribution in [1.82, 2.24) is 5.43 Å². The summed E-state index contributed by atoms with van der Waals surface area (Å²) >= 11 is 0. The zero-order chi connectivity index (χ0) is 20.5. The van der Waals surface area contributed by atoms with E-state index >= 15 is 0 Å². The highest BCUT2D eigenvalue weighted by Crippen LogP contribution is 2.29. The summed E-state index contributed by atoms with van der Waals surface area (Å²) in [6.07, 6.45) is 1.12. The second-order valence-electron chi connectivity index (χ2n) is 6.15. The summed E-state index contributed by atoms with van der Waals surface area (Å²) in [4.78, 5) is 24.0. The van der Waals surface area contributed by atoms with Gasteiger partial charge in [0.2, 0.25) is 11.8 Å². The molecule has 2 amide bonds. The van der Waals surface area contributed by atoms with E-state index < -0.39 is 11.8 Å². The van der Waals surface area contributed by atoms with Crippen LogP contribution in [0.15, 0.2) is 41.5 Å². The molecule has 2 aromatic carbocycles. The number of carbonyl (C=O) groups is 2. The summed E-state index contributed by atoms with van der Waals surface area (Å²) in [5.74, 6) is 0.193. The predicted molar refractivity (Wildman–Crippen MR) is 109 cm³/mol. The second-order valence-corrected chi connectivity index (χ2v) is 6.15. The maximum atomic E-state index is 12.1. The Balaban J connectivity index is 1.94. The zero-order valence-electron chi connectivity index (χ0n) is 16.5. The molecular weight excluding hydrogens is 358 g/mol. The Morgan fingerprint density at radius 1 is 1.14 bits per heavy atom. The molecule has 0 unspecified atom stereocenters. The minimum absolute atomic E-state index is 0.332. The van der Waals surface area contributed by atoms with Crippen molar-refractivity contribution in [2.45, 2.75) is 27.2 Å². The number of amides is 2. The van der Waals surface area contributed by atoms with Crippen LogP contribution < -0.4 is 20.2 Å².